The summed E-state index contributed by atoms with van der Waals surface area (Å²) in [6.45, 7) is 18.7. The zero-order chi connectivity index (χ0) is 26.6. The van der Waals surface area contributed by atoms with Gasteiger partial charge in [-0.1, -0.05) is 33.8 Å². The topological polar surface area (TPSA) is 47.5 Å². The fourth-order valence-corrected chi connectivity index (χ4v) is 4.92. The number of ether oxygens (including phenoxy) is 2. The molecule has 0 radical (unpaired) electrons. The Morgan fingerprint density at radius 1 is 0.865 bits per heavy atom. The number of anilines is 1. The standard InChI is InChI=1S/C32H43N3O2/c1-22(2)18-28-25(5)33-21-29(31(28)35-14-12-32(6,7)13-15-35)30-11-10-27(20-34-30)37-17-16-36-26-9-8-23(3)24(4)19-26/h8-11,19-22H,12-18H2,1-7H3. The molecule has 2 aromatic heterocycles. The van der Waals surface area contributed by atoms with Gasteiger partial charge in [-0.25, -0.2) is 0 Å². The summed E-state index contributed by atoms with van der Waals surface area (Å²) >= 11 is 0. The summed E-state index contributed by atoms with van der Waals surface area (Å²) in [5, 5.41) is 0. The monoisotopic (exact) mass is 501 g/mol. The van der Waals surface area contributed by atoms with E-state index in [0.29, 0.717) is 24.5 Å². The van der Waals surface area contributed by atoms with Crippen LogP contribution >= 0.6 is 0 Å². The molecule has 3 aromatic rings. The van der Waals surface area contributed by atoms with E-state index in [1.807, 2.05) is 24.5 Å². The average molecular weight is 502 g/mol. The summed E-state index contributed by atoms with van der Waals surface area (Å²) in [5.41, 5.74) is 8.76. The number of aromatic nitrogens is 2. The third-order valence-electron chi connectivity index (χ3n) is 7.52. The van der Waals surface area contributed by atoms with Crippen molar-refractivity contribution in [1.82, 2.24) is 9.97 Å². The molecule has 0 spiro atoms. The Balaban J connectivity index is 1.49. The lowest BCUT2D eigenvalue weighted by Gasteiger charge is -2.40. The van der Waals surface area contributed by atoms with Crippen LogP contribution < -0.4 is 14.4 Å². The van der Waals surface area contributed by atoms with Crippen LogP contribution in [0.3, 0.4) is 0 Å². The molecule has 4 rings (SSSR count). The summed E-state index contributed by atoms with van der Waals surface area (Å²) in [6.07, 6.45) is 7.23. The highest BCUT2D eigenvalue weighted by Gasteiger charge is 2.29. The number of aryl methyl sites for hydroxylation is 3. The number of pyridine rings is 2. The van der Waals surface area contributed by atoms with Gasteiger partial charge in [0.25, 0.3) is 0 Å². The van der Waals surface area contributed by atoms with E-state index >= 15 is 0 Å². The minimum absolute atomic E-state index is 0.399. The first-order chi connectivity index (χ1) is 17.6. The van der Waals surface area contributed by atoms with Crippen molar-refractivity contribution in [3.05, 3.63) is 65.1 Å². The van der Waals surface area contributed by atoms with E-state index in [2.05, 4.69) is 71.6 Å². The third-order valence-corrected chi connectivity index (χ3v) is 7.52. The highest BCUT2D eigenvalue weighted by Crippen LogP contribution is 2.40. The summed E-state index contributed by atoms with van der Waals surface area (Å²) in [6, 6.07) is 10.2. The van der Waals surface area contributed by atoms with Gasteiger partial charge in [0.05, 0.1) is 17.6 Å². The first-order valence-corrected chi connectivity index (χ1v) is 13.7. The first kappa shape index (κ1) is 27.0. The highest BCUT2D eigenvalue weighted by atomic mass is 16.5. The smallest absolute Gasteiger partial charge is 0.137 e. The molecule has 0 unspecified atom stereocenters. The molecule has 37 heavy (non-hydrogen) atoms. The lowest BCUT2D eigenvalue weighted by molar-refractivity contribution is 0.216. The van der Waals surface area contributed by atoms with E-state index in [9.17, 15) is 0 Å². The summed E-state index contributed by atoms with van der Waals surface area (Å²) in [7, 11) is 0. The maximum absolute atomic E-state index is 5.92. The Labute approximate surface area is 223 Å². The van der Waals surface area contributed by atoms with Crippen molar-refractivity contribution < 1.29 is 9.47 Å². The summed E-state index contributed by atoms with van der Waals surface area (Å²) < 4.78 is 11.8. The van der Waals surface area contributed by atoms with Gasteiger partial charge in [0, 0.05) is 30.5 Å². The van der Waals surface area contributed by atoms with Crippen LogP contribution in [-0.4, -0.2) is 36.3 Å². The van der Waals surface area contributed by atoms with E-state index < -0.39 is 0 Å². The Bertz CT molecular complexity index is 1190. The van der Waals surface area contributed by atoms with E-state index in [-0.39, 0.29) is 0 Å². The third kappa shape index (κ3) is 6.82. The first-order valence-electron chi connectivity index (χ1n) is 13.7. The van der Waals surface area contributed by atoms with Crippen molar-refractivity contribution in [2.45, 2.75) is 67.7 Å². The second kappa shape index (κ2) is 11.5. The molecule has 198 valence electrons. The Morgan fingerprint density at radius 2 is 1.54 bits per heavy atom. The minimum atomic E-state index is 0.399. The van der Waals surface area contributed by atoms with E-state index in [1.165, 1.54) is 35.2 Å². The zero-order valence-electron chi connectivity index (χ0n) is 23.7. The van der Waals surface area contributed by atoms with Crippen LogP contribution in [0.5, 0.6) is 11.5 Å². The average Bonchev–Trinajstić information content (AvgIpc) is 2.86. The van der Waals surface area contributed by atoms with Crippen molar-refractivity contribution >= 4 is 5.69 Å². The molecule has 1 saturated heterocycles. The van der Waals surface area contributed by atoms with Crippen LogP contribution in [0.4, 0.5) is 5.69 Å². The van der Waals surface area contributed by atoms with Crippen molar-refractivity contribution in [2.24, 2.45) is 11.3 Å². The normalized spacial score (nSPS) is 15.2. The highest BCUT2D eigenvalue weighted by molar-refractivity contribution is 5.79. The van der Waals surface area contributed by atoms with E-state index in [1.54, 1.807) is 0 Å². The number of hydrogen-bond donors (Lipinski definition) is 0. The second-order valence-corrected chi connectivity index (χ2v) is 11.7. The van der Waals surface area contributed by atoms with Gasteiger partial charge < -0.3 is 14.4 Å². The number of rotatable bonds is 9. The quantitative estimate of drug-likeness (QED) is 0.287. The molecule has 1 aliphatic heterocycles. The lowest BCUT2D eigenvalue weighted by Crippen LogP contribution is -2.38. The number of hydrogen-bond acceptors (Lipinski definition) is 5. The van der Waals surface area contributed by atoms with Crippen LogP contribution in [-0.2, 0) is 6.42 Å². The zero-order valence-corrected chi connectivity index (χ0v) is 23.7. The Kier molecular flexibility index (Phi) is 8.41. The van der Waals surface area contributed by atoms with Gasteiger partial charge >= 0.3 is 0 Å². The largest absolute Gasteiger partial charge is 0.490 e. The number of benzene rings is 1. The van der Waals surface area contributed by atoms with Crippen LogP contribution in [0.25, 0.3) is 11.3 Å². The maximum atomic E-state index is 5.92. The molecule has 1 aromatic carbocycles. The van der Waals surface area contributed by atoms with Gasteiger partial charge in [-0.15, -0.1) is 0 Å². The van der Waals surface area contributed by atoms with E-state index in [0.717, 1.165) is 48.0 Å². The fraction of sp³-hybridized carbons (Fsp3) is 0.500. The molecular weight excluding hydrogens is 458 g/mol. The minimum Gasteiger partial charge on any atom is -0.490 e. The second-order valence-electron chi connectivity index (χ2n) is 11.7. The van der Waals surface area contributed by atoms with Gasteiger partial charge in [-0.3, -0.25) is 9.97 Å². The van der Waals surface area contributed by atoms with Crippen LogP contribution in [0, 0.1) is 32.1 Å². The molecular formula is C32H43N3O2. The summed E-state index contributed by atoms with van der Waals surface area (Å²) in [5.74, 6) is 2.18. The van der Waals surface area contributed by atoms with Gasteiger partial charge in [0.2, 0.25) is 0 Å². The number of nitrogens with zero attached hydrogens (tertiary/aromatic N) is 3. The van der Waals surface area contributed by atoms with Gasteiger partial charge in [0.1, 0.15) is 24.7 Å². The Morgan fingerprint density at radius 3 is 2.16 bits per heavy atom. The van der Waals surface area contributed by atoms with Crippen molar-refractivity contribution in [3.63, 3.8) is 0 Å². The number of piperidine rings is 1. The van der Waals surface area contributed by atoms with Gasteiger partial charge in [0.15, 0.2) is 0 Å². The predicted octanol–water partition coefficient (Wildman–Crippen LogP) is 7.35. The summed E-state index contributed by atoms with van der Waals surface area (Å²) in [4.78, 5) is 12.2. The van der Waals surface area contributed by atoms with Crippen molar-refractivity contribution in [2.75, 3.05) is 31.2 Å². The van der Waals surface area contributed by atoms with Crippen LogP contribution in [0.15, 0.2) is 42.7 Å². The molecule has 0 atom stereocenters. The Hall–Kier alpha value is -3.08. The van der Waals surface area contributed by atoms with Gasteiger partial charge in [-0.05, 0) is 92.3 Å². The fourth-order valence-electron chi connectivity index (χ4n) is 4.92. The molecule has 0 N–H and O–H groups in total. The van der Waals surface area contributed by atoms with Crippen molar-refractivity contribution in [3.8, 4) is 22.8 Å². The maximum Gasteiger partial charge on any atom is 0.137 e. The molecule has 1 aliphatic rings. The molecule has 5 nitrogen and oxygen atoms in total. The SMILES string of the molecule is Cc1ccc(OCCOc2ccc(-c3cnc(C)c(CC(C)C)c3N3CCC(C)(C)CC3)nc2)cc1C. The van der Waals surface area contributed by atoms with Crippen molar-refractivity contribution in [1.29, 1.82) is 0 Å². The molecule has 3 heterocycles. The van der Waals surface area contributed by atoms with Gasteiger partial charge in [-0.2, -0.15) is 0 Å². The molecule has 0 saturated carbocycles. The van der Waals surface area contributed by atoms with Crippen LogP contribution in [0.2, 0.25) is 0 Å². The molecule has 0 amide bonds. The van der Waals surface area contributed by atoms with Crippen LogP contribution in [0.1, 0.15) is 62.9 Å². The molecule has 0 aliphatic carbocycles. The van der Waals surface area contributed by atoms with E-state index in [4.69, 9.17) is 19.4 Å². The molecule has 5 heteroatoms. The lowest BCUT2D eigenvalue weighted by atomic mass is 9.82. The molecule has 1 fully saturated rings. The predicted molar refractivity (Wildman–Crippen MR) is 153 cm³/mol. The molecule has 0 bridgehead atoms.